The zero-order chi connectivity index (χ0) is 22.0. The van der Waals surface area contributed by atoms with Crippen LogP contribution in [0, 0.1) is 6.92 Å². The van der Waals surface area contributed by atoms with E-state index in [0.29, 0.717) is 34.8 Å². The summed E-state index contributed by atoms with van der Waals surface area (Å²) in [5.41, 5.74) is 4.19. The fourth-order valence-electron chi connectivity index (χ4n) is 4.05. The molecule has 0 aliphatic carbocycles. The molecule has 1 N–H and O–H groups in total. The normalized spacial score (nSPS) is 15.8. The molecule has 4 rings (SSSR count). The van der Waals surface area contributed by atoms with E-state index in [0.717, 1.165) is 17.5 Å². The van der Waals surface area contributed by atoms with Crippen molar-refractivity contribution in [3.05, 3.63) is 99.3 Å². The van der Waals surface area contributed by atoms with Gasteiger partial charge in [-0.1, -0.05) is 53.6 Å². The van der Waals surface area contributed by atoms with E-state index < -0.39 is 0 Å². The number of hydrogen-bond acceptors (Lipinski definition) is 4. The molecule has 1 saturated heterocycles. The highest BCUT2D eigenvalue weighted by molar-refractivity contribution is 6.33. The number of nitrogens with zero attached hydrogens (tertiary/aromatic N) is 2. The number of aryl methyl sites for hydroxylation is 1. The Kier molecular flexibility index (Phi) is 6.16. The maximum atomic E-state index is 12.8. The summed E-state index contributed by atoms with van der Waals surface area (Å²) in [6, 6.07) is 16.3. The maximum absolute atomic E-state index is 12.8. The Bertz CT molecular complexity index is 1130. The summed E-state index contributed by atoms with van der Waals surface area (Å²) in [6.07, 6.45) is 2.33. The van der Waals surface area contributed by atoms with Crippen LogP contribution in [0.1, 0.15) is 55.4 Å². The molecule has 2 aromatic carbocycles. The fourth-order valence-corrected chi connectivity index (χ4v) is 4.25. The highest BCUT2D eigenvalue weighted by Gasteiger charge is 2.30. The molecule has 1 amide bonds. The van der Waals surface area contributed by atoms with Crippen molar-refractivity contribution in [1.29, 1.82) is 0 Å². The van der Waals surface area contributed by atoms with E-state index in [1.165, 1.54) is 0 Å². The summed E-state index contributed by atoms with van der Waals surface area (Å²) in [5.74, 6) is -0.184. The zero-order valence-corrected chi connectivity index (χ0v) is 18.0. The zero-order valence-electron chi connectivity index (χ0n) is 17.2. The third-order valence-corrected chi connectivity index (χ3v) is 6.07. The topological polar surface area (TPSA) is 70.5 Å². The number of likely N-dealkylation sites (tertiary alicyclic amines) is 1. The van der Waals surface area contributed by atoms with Crippen LogP contribution < -0.4 is 0 Å². The molecule has 3 aromatic rings. The molecule has 2 heterocycles. The van der Waals surface area contributed by atoms with Crippen LogP contribution in [0.5, 0.6) is 0 Å². The highest BCUT2D eigenvalue weighted by Crippen LogP contribution is 2.32. The lowest BCUT2D eigenvalue weighted by molar-refractivity contribution is 0.0785. The van der Waals surface area contributed by atoms with Crippen molar-refractivity contribution < 1.29 is 14.7 Å². The van der Waals surface area contributed by atoms with E-state index in [1.807, 2.05) is 37.3 Å². The molecule has 0 radical (unpaired) electrons. The maximum Gasteiger partial charge on any atom is 0.274 e. The van der Waals surface area contributed by atoms with Crippen molar-refractivity contribution in [1.82, 2.24) is 9.88 Å². The molecule has 6 heteroatoms. The number of carbonyl (C=O) groups is 2. The number of aliphatic hydroxyl groups is 1. The predicted molar refractivity (Wildman–Crippen MR) is 119 cm³/mol. The van der Waals surface area contributed by atoms with Gasteiger partial charge in [0.1, 0.15) is 5.69 Å². The minimum Gasteiger partial charge on any atom is -0.392 e. The van der Waals surface area contributed by atoms with Crippen LogP contribution in [0.25, 0.3) is 0 Å². The number of ketones is 1. The number of pyridine rings is 1. The van der Waals surface area contributed by atoms with Crippen molar-refractivity contribution in [3.63, 3.8) is 0 Å². The Labute approximate surface area is 186 Å². The molecule has 1 aliphatic heterocycles. The van der Waals surface area contributed by atoms with E-state index in [4.69, 9.17) is 11.6 Å². The van der Waals surface area contributed by atoms with Gasteiger partial charge in [-0.2, -0.15) is 0 Å². The Morgan fingerprint density at radius 1 is 1.13 bits per heavy atom. The summed E-state index contributed by atoms with van der Waals surface area (Å²) in [7, 11) is 0. The first-order valence-corrected chi connectivity index (χ1v) is 10.6. The second kappa shape index (κ2) is 9.00. The summed E-state index contributed by atoms with van der Waals surface area (Å²) in [4.78, 5) is 31.5. The minimum absolute atomic E-state index is 0.0747. The second-order valence-electron chi connectivity index (χ2n) is 7.84. The first-order valence-electron chi connectivity index (χ1n) is 10.2. The first kappa shape index (κ1) is 21.2. The Balaban J connectivity index is 1.54. The van der Waals surface area contributed by atoms with Crippen LogP contribution in [0.4, 0.5) is 0 Å². The van der Waals surface area contributed by atoms with Crippen LogP contribution in [-0.4, -0.2) is 39.8 Å². The van der Waals surface area contributed by atoms with Gasteiger partial charge in [-0.05, 0) is 42.7 Å². The quantitative estimate of drug-likeness (QED) is 0.604. The lowest BCUT2D eigenvalue weighted by atomic mass is 9.90. The molecule has 158 valence electrons. The van der Waals surface area contributed by atoms with E-state index in [9.17, 15) is 14.7 Å². The van der Waals surface area contributed by atoms with Gasteiger partial charge < -0.3 is 10.0 Å². The third kappa shape index (κ3) is 4.38. The Morgan fingerprint density at radius 2 is 1.87 bits per heavy atom. The summed E-state index contributed by atoms with van der Waals surface area (Å²) in [6.45, 7) is 2.92. The molecular weight excluding hydrogens is 412 g/mol. The van der Waals surface area contributed by atoms with Crippen molar-refractivity contribution in [3.8, 4) is 0 Å². The summed E-state index contributed by atoms with van der Waals surface area (Å²) >= 11 is 6.13. The van der Waals surface area contributed by atoms with Gasteiger partial charge in [0.05, 0.1) is 11.6 Å². The van der Waals surface area contributed by atoms with Crippen LogP contribution >= 0.6 is 11.6 Å². The Morgan fingerprint density at radius 3 is 2.58 bits per heavy atom. The van der Waals surface area contributed by atoms with Crippen molar-refractivity contribution in [2.24, 2.45) is 0 Å². The Hall–Kier alpha value is -3.02. The van der Waals surface area contributed by atoms with E-state index in [1.54, 1.807) is 35.4 Å². The van der Waals surface area contributed by atoms with E-state index >= 15 is 0 Å². The van der Waals surface area contributed by atoms with Gasteiger partial charge in [0, 0.05) is 36.3 Å². The number of carbonyl (C=O) groups excluding carboxylic acids is 2. The van der Waals surface area contributed by atoms with Gasteiger partial charge in [0.15, 0.2) is 5.78 Å². The van der Waals surface area contributed by atoms with Crippen LogP contribution in [0.2, 0.25) is 5.02 Å². The molecular formula is C25H23ClN2O3. The molecule has 0 bridgehead atoms. The van der Waals surface area contributed by atoms with Crippen LogP contribution in [-0.2, 0) is 6.61 Å². The first-order chi connectivity index (χ1) is 15.0. The van der Waals surface area contributed by atoms with Gasteiger partial charge in [-0.15, -0.1) is 0 Å². The van der Waals surface area contributed by atoms with E-state index in [2.05, 4.69) is 4.98 Å². The van der Waals surface area contributed by atoms with Crippen LogP contribution in [0.3, 0.4) is 0 Å². The van der Waals surface area contributed by atoms with E-state index in [-0.39, 0.29) is 29.9 Å². The number of halogens is 1. The average Bonchev–Trinajstić information content (AvgIpc) is 3.28. The van der Waals surface area contributed by atoms with Crippen molar-refractivity contribution >= 4 is 23.3 Å². The molecule has 1 fully saturated rings. The number of aliphatic hydroxyl groups excluding tert-OH is 1. The minimum atomic E-state index is -0.190. The lowest BCUT2D eigenvalue weighted by Crippen LogP contribution is -2.29. The van der Waals surface area contributed by atoms with Gasteiger partial charge in [-0.3, -0.25) is 9.59 Å². The fraction of sp³-hybridized carbons (Fsp3) is 0.240. The SMILES string of the molecule is Cc1ccc(C(=O)c2ccc(C3CCN(C(=O)c4ncccc4Cl)C3)c(CO)c2)cc1. The van der Waals surface area contributed by atoms with Crippen molar-refractivity contribution in [2.75, 3.05) is 13.1 Å². The van der Waals surface area contributed by atoms with Crippen molar-refractivity contribution in [2.45, 2.75) is 25.9 Å². The predicted octanol–water partition coefficient (Wildman–Crippen LogP) is 4.40. The van der Waals surface area contributed by atoms with Gasteiger partial charge >= 0.3 is 0 Å². The van der Waals surface area contributed by atoms with Crippen LogP contribution in [0.15, 0.2) is 60.8 Å². The van der Waals surface area contributed by atoms with Gasteiger partial charge in [-0.25, -0.2) is 4.98 Å². The number of aromatic nitrogens is 1. The van der Waals surface area contributed by atoms with Gasteiger partial charge in [0.2, 0.25) is 0 Å². The average molecular weight is 435 g/mol. The molecule has 1 aliphatic rings. The molecule has 1 atom stereocenters. The highest BCUT2D eigenvalue weighted by atomic mass is 35.5. The molecule has 0 spiro atoms. The molecule has 1 unspecified atom stereocenters. The number of hydrogen-bond donors (Lipinski definition) is 1. The summed E-state index contributed by atoms with van der Waals surface area (Å²) < 4.78 is 0. The summed E-state index contributed by atoms with van der Waals surface area (Å²) in [5, 5.41) is 10.3. The molecule has 0 saturated carbocycles. The number of benzene rings is 2. The lowest BCUT2D eigenvalue weighted by Gasteiger charge is -2.18. The molecule has 1 aromatic heterocycles. The smallest absolute Gasteiger partial charge is 0.274 e. The van der Waals surface area contributed by atoms with Gasteiger partial charge in [0.25, 0.3) is 5.91 Å². The second-order valence-corrected chi connectivity index (χ2v) is 8.24. The largest absolute Gasteiger partial charge is 0.392 e. The number of rotatable bonds is 5. The molecule has 5 nitrogen and oxygen atoms in total. The standard InChI is InChI=1S/C25H23ClN2O3/c1-16-4-6-17(7-5-16)24(30)18-8-9-21(20(13-18)15-29)19-10-12-28(14-19)25(31)23-22(26)3-2-11-27-23/h2-9,11,13,19,29H,10,12,14-15H2,1H3. The number of amides is 1. The monoisotopic (exact) mass is 434 g/mol. The third-order valence-electron chi connectivity index (χ3n) is 5.77. The molecule has 31 heavy (non-hydrogen) atoms.